The normalized spacial score (nSPS) is 30.8. The lowest BCUT2D eigenvalue weighted by Gasteiger charge is -2.45. The van der Waals surface area contributed by atoms with E-state index >= 15 is 28.8 Å². The van der Waals surface area contributed by atoms with Crippen LogP contribution in [0.3, 0.4) is 0 Å². The summed E-state index contributed by atoms with van der Waals surface area (Å²) in [5.74, 6) is -10.6. The molecule has 24 nitrogen and oxygen atoms in total. The summed E-state index contributed by atoms with van der Waals surface area (Å²) in [5.41, 5.74) is -1.56. The van der Waals surface area contributed by atoms with Gasteiger partial charge in [0.2, 0.25) is 70.9 Å². The Hall–Kier alpha value is -6.28. The highest BCUT2D eigenvalue weighted by atomic mass is 35.5. The smallest absolute Gasteiger partial charge is 0.343 e. The third-order valence-electron chi connectivity index (χ3n) is 23.5. The van der Waals surface area contributed by atoms with E-state index in [1.165, 1.54) is 81.4 Å². The second kappa shape index (κ2) is 35.9. The molecular formula is C73H118ClF3N12O12. The van der Waals surface area contributed by atoms with Gasteiger partial charge in [-0.1, -0.05) is 92.9 Å². The quantitative estimate of drug-likeness (QED) is 0.177. The zero-order valence-electron chi connectivity index (χ0n) is 62.4. The molecule has 0 aromatic heterocycles. The third-order valence-corrected chi connectivity index (χ3v) is 24.0. The lowest BCUT2D eigenvalue weighted by atomic mass is 9.78. The molecule has 4 heterocycles. The van der Waals surface area contributed by atoms with E-state index in [-0.39, 0.29) is 108 Å². The highest BCUT2D eigenvalue weighted by Gasteiger charge is 2.52. The van der Waals surface area contributed by atoms with Crippen molar-refractivity contribution in [3.63, 3.8) is 0 Å². The van der Waals surface area contributed by atoms with E-state index in [2.05, 4.69) is 16.0 Å². The number of piperidine rings is 1. The van der Waals surface area contributed by atoms with E-state index in [9.17, 15) is 41.9 Å². The molecule has 28 heteroatoms. The van der Waals surface area contributed by atoms with Crippen LogP contribution in [0, 0.1) is 35.5 Å². The third kappa shape index (κ3) is 19.6. The maximum Gasteiger partial charge on any atom is 0.393 e. The molecule has 0 aromatic carbocycles. The van der Waals surface area contributed by atoms with Gasteiger partial charge in [-0.05, 0) is 140 Å². The van der Waals surface area contributed by atoms with Crippen LogP contribution < -0.4 is 16.0 Å². The van der Waals surface area contributed by atoms with Crippen molar-refractivity contribution in [3.05, 3.63) is 0 Å². The number of carbonyl (C=O) groups is 12. The Morgan fingerprint density at radius 1 is 0.604 bits per heavy atom. The van der Waals surface area contributed by atoms with Crippen LogP contribution in [0.5, 0.6) is 0 Å². The summed E-state index contributed by atoms with van der Waals surface area (Å²) < 4.78 is 42.1. The molecule has 12 amide bonds. The van der Waals surface area contributed by atoms with Crippen molar-refractivity contribution in [1.82, 2.24) is 60.0 Å². The second-order valence-corrected chi connectivity index (χ2v) is 31.8. The molecule has 13 atom stereocenters. The number of alkyl halides is 4. The van der Waals surface area contributed by atoms with Crippen molar-refractivity contribution < 1.29 is 70.7 Å². The Balaban J connectivity index is 1.28. The molecule has 0 aromatic rings. The number of hydrogen-bond donors (Lipinski definition) is 3. The molecule has 3 N–H and O–H groups in total. The summed E-state index contributed by atoms with van der Waals surface area (Å²) >= 11 is 6.42. The van der Waals surface area contributed by atoms with E-state index in [0.29, 0.717) is 51.6 Å². The number of nitrogens with zero attached hydrogens (tertiary/aromatic N) is 9. The predicted molar refractivity (Wildman–Crippen MR) is 375 cm³/mol. The second-order valence-electron chi connectivity index (χ2n) is 31.2. The number of likely N-dealkylation sites (N-methyl/N-ethyl adjacent to an activating group) is 6. The largest absolute Gasteiger partial charge is 0.393 e. The van der Waals surface area contributed by atoms with Crippen LogP contribution in [0.1, 0.15) is 209 Å². The summed E-state index contributed by atoms with van der Waals surface area (Å²) in [7, 11) is 7.29. The van der Waals surface area contributed by atoms with E-state index in [0.717, 1.165) is 38.5 Å². The van der Waals surface area contributed by atoms with Gasteiger partial charge in [0, 0.05) is 73.3 Å². The van der Waals surface area contributed by atoms with Crippen molar-refractivity contribution in [2.75, 3.05) is 74.5 Å². The lowest BCUT2D eigenvalue weighted by molar-refractivity contribution is -0.182. The topological polar surface area (TPSA) is 270 Å². The van der Waals surface area contributed by atoms with E-state index in [1.54, 1.807) is 32.6 Å². The average Bonchev–Trinajstić information content (AvgIpc) is 1.77. The first-order valence-electron chi connectivity index (χ1n) is 37.7. The molecule has 3 aliphatic carbocycles. The summed E-state index contributed by atoms with van der Waals surface area (Å²) in [5, 5.41) is 7.66. The first kappa shape index (κ1) is 82.0. The molecule has 3 unspecified atom stereocenters. The maximum absolute atomic E-state index is 15.5. The number of fused-ring (bicyclic) bond motifs is 2. The van der Waals surface area contributed by atoms with Gasteiger partial charge >= 0.3 is 6.18 Å². The number of halogens is 4. The minimum absolute atomic E-state index is 0.00191. The molecule has 1 spiro atoms. The fraction of sp³-hybridized carbons (Fsp3) is 0.836. The fourth-order valence-corrected chi connectivity index (χ4v) is 17.2. The molecular weight excluding hydrogens is 1330 g/mol. The molecule has 7 aliphatic rings. The fourth-order valence-electron chi connectivity index (χ4n) is 16.7. The van der Waals surface area contributed by atoms with Crippen molar-refractivity contribution in [2.24, 2.45) is 35.5 Å². The standard InChI is InChI=1S/C73H118ClF3N12O12/c1-14-46(7)60-69(99)81(9)47(8)64(94)89-38-32-54(89)66(96)83(11)56(41-48-25-18-16-19-26-48)67(97)86(15-2)43-58(90)78-52(31-29-49-28-30-50(51(74)40-49)73(75,76)77)65(95)88-37-24-27-53(88)63(93)80-72(33-20-21-34-72)71(101)85(13)61(45(5)6)70(100)84(12)57(68(98)87-35-22-17-23-36-87)42-59(91)82(10)55(39-44(3)4)62(92)79-60/h44-57,60-61H,14-43H2,1-13H3,(H,78,90)(H,79,92)(H,80,93)/t46-,47-,49?,50?,51?,52-,53-,54-,55-,56-,57-,60-,61-/m0/s1. The summed E-state index contributed by atoms with van der Waals surface area (Å²) in [6, 6.07) is -10.8. The van der Waals surface area contributed by atoms with Gasteiger partial charge in [-0.2, -0.15) is 13.2 Å². The summed E-state index contributed by atoms with van der Waals surface area (Å²) in [6.07, 6.45) is 4.61. The number of hydrogen-bond acceptors (Lipinski definition) is 12. The number of amides is 12. The van der Waals surface area contributed by atoms with Gasteiger partial charge in [0.1, 0.15) is 59.9 Å². The van der Waals surface area contributed by atoms with Crippen LogP contribution in [0.2, 0.25) is 0 Å². The monoisotopic (exact) mass is 1450 g/mol. The van der Waals surface area contributed by atoms with Gasteiger partial charge < -0.3 is 60.0 Å². The Morgan fingerprint density at radius 2 is 1.24 bits per heavy atom. The number of nitrogens with one attached hydrogen (secondary N) is 3. The van der Waals surface area contributed by atoms with Gasteiger partial charge in [-0.3, -0.25) is 57.5 Å². The van der Waals surface area contributed by atoms with E-state index in [4.69, 9.17) is 11.6 Å². The van der Waals surface area contributed by atoms with Crippen LogP contribution in [-0.2, 0) is 57.5 Å². The minimum Gasteiger partial charge on any atom is -0.343 e. The SMILES string of the molecule is CC[C@H](C)[C@@H]1NC(=O)[C@H](CC(C)C)N(C)C(=O)C[C@@H](C(=O)N2CCCCC2)N(C)C(=O)[C@H](C(C)C)N(C)C(=O)C2(CCCC2)NC(=O)[C@@H]2CCCN2C(=O)[C@H](CCC2CCC(C(F)(F)F)C(Cl)C2)NC(=O)CN(CC)C(=O)[C@H](CC2CCCCC2)N(C)C(=O)[C@@H]2CCN2C(=O)[C@H](C)N(C)C1=O. The first-order chi connectivity index (χ1) is 47.6. The zero-order valence-corrected chi connectivity index (χ0v) is 63.1. The Labute approximate surface area is 601 Å². The van der Waals surface area contributed by atoms with E-state index < -0.39 is 173 Å². The Morgan fingerprint density at radius 3 is 1.81 bits per heavy atom. The number of rotatable bonds is 12. The Bertz CT molecular complexity index is 2960. The molecule has 7 rings (SSSR count). The number of likely N-dealkylation sites (tertiary alicyclic amines) is 1. The minimum atomic E-state index is -4.51. The molecule has 0 bridgehead atoms. The van der Waals surface area contributed by atoms with Crippen LogP contribution >= 0.6 is 11.6 Å². The van der Waals surface area contributed by atoms with Crippen LogP contribution in [0.25, 0.3) is 0 Å². The molecule has 570 valence electrons. The average molecular weight is 1450 g/mol. The van der Waals surface area contributed by atoms with Gasteiger partial charge in [0.25, 0.3) is 0 Å². The van der Waals surface area contributed by atoms with Crippen molar-refractivity contribution in [1.29, 1.82) is 0 Å². The Kier molecular flexibility index (Phi) is 29.2. The maximum atomic E-state index is 15.5. The van der Waals surface area contributed by atoms with Gasteiger partial charge in [-0.25, -0.2) is 0 Å². The molecule has 4 saturated heterocycles. The molecule has 101 heavy (non-hydrogen) atoms. The highest BCUT2D eigenvalue weighted by Crippen LogP contribution is 2.44. The molecule has 0 radical (unpaired) electrons. The summed E-state index contributed by atoms with van der Waals surface area (Å²) in [6.45, 7) is 14.5. The number of carbonyl (C=O) groups excluding carboxylic acids is 12. The molecule has 7 fully saturated rings. The highest BCUT2D eigenvalue weighted by molar-refractivity contribution is 6.21. The van der Waals surface area contributed by atoms with Crippen molar-refractivity contribution in [2.45, 2.75) is 281 Å². The predicted octanol–water partition coefficient (Wildman–Crippen LogP) is 6.48. The van der Waals surface area contributed by atoms with Gasteiger partial charge in [0.15, 0.2) is 0 Å². The van der Waals surface area contributed by atoms with Crippen molar-refractivity contribution in [3.8, 4) is 0 Å². The van der Waals surface area contributed by atoms with Crippen molar-refractivity contribution >= 4 is 82.5 Å². The van der Waals surface area contributed by atoms with E-state index in [1.807, 2.05) is 20.8 Å². The zero-order chi connectivity index (χ0) is 74.7. The lowest BCUT2D eigenvalue weighted by Crippen LogP contribution is -2.65. The molecule has 4 aliphatic heterocycles. The van der Waals surface area contributed by atoms with Crippen LogP contribution in [0.4, 0.5) is 13.2 Å². The molecule has 3 saturated carbocycles. The van der Waals surface area contributed by atoms with Crippen LogP contribution in [-0.4, -0.2) is 261 Å². The summed E-state index contributed by atoms with van der Waals surface area (Å²) in [4.78, 5) is 193. The first-order valence-corrected chi connectivity index (χ1v) is 38.2. The van der Waals surface area contributed by atoms with Gasteiger partial charge in [0.05, 0.1) is 18.9 Å². The van der Waals surface area contributed by atoms with Crippen LogP contribution in [0.15, 0.2) is 0 Å². The van der Waals surface area contributed by atoms with Gasteiger partial charge in [-0.15, -0.1) is 11.6 Å².